The van der Waals surface area contributed by atoms with E-state index >= 15 is 0 Å². The summed E-state index contributed by atoms with van der Waals surface area (Å²) in [5.74, 6) is -0.0647. The number of nitro groups is 1. The Labute approximate surface area is 152 Å². The van der Waals surface area contributed by atoms with E-state index in [1.165, 1.54) is 17.4 Å². The Morgan fingerprint density at radius 2 is 2.00 bits per heavy atom. The van der Waals surface area contributed by atoms with Gasteiger partial charge in [0, 0.05) is 51.6 Å². The highest BCUT2D eigenvalue weighted by molar-refractivity contribution is 7.22. The third-order valence-corrected chi connectivity index (χ3v) is 5.42. The predicted molar refractivity (Wildman–Crippen MR) is 97.6 cm³/mol. The lowest BCUT2D eigenvalue weighted by atomic mass is 10.3. The molecule has 0 atom stereocenters. The summed E-state index contributed by atoms with van der Waals surface area (Å²) in [5.41, 5.74) is 1.27. The Hall–Kier alpha value is -3.01. The van der Waals surface area contributed by atoms with E-state index in [0.717, 1.165) is 15.3 Å². The van der Waals surface area contributed by atoms with Gasteiger partial charge in [-0.2, -0.15) is 5.10 Å². The molecular weight excluding hydrogens is 356 g/mol. The molecule has 1 amide bonds. The topological polar surface area (TPSA) is 97.4 Å². The zero-order chi connectivity index (χ0) is 18.3. The largest absolute Gasteiger partial charge is 0.345 e. The van der Waals surface area contributed by atoms with Crippen LogP contribution in [-0.2, 0) is 7.05 Å². The Kier molecular flexibility index (Phi) is 4.03. The number of benzene rings is 1. The number of thiazole rings is 1. The number of carbonyl (C=O) groups is 1. The molecule has 4 rings (SSSR count). The van der Waals surface area contributed by atoms with Gasteiger partial charge >= 0.3 is 0 Å². The van der Waals surface area contributed by atoms with Crippen LogP contribution in [0.5, 0.6) is 0 Å². The number of aromatic nitrogens is 3. The molecule has 1 aliphatic heterocycles. The molecule has 1 aliphatic rings. The van der Waals surface area contributed by atoms with E-state index in [9.17, 15) is 14.9 Å². The van der Waals surface area contributed by atoms with Crippen LogP contribution in [0.15, 0.2) is 30.5 Å². The Bertz CT molecular complexity index is 989. The number of amides is 1. The number of carbonyl (C=O) groups excluding carboxylic acids is 1. The minimum Gasteiger partial charge on any atom is -0.345 e. The van der Waals surface area contributed by atoms with Gasteiger partial charge < -0.3 is 9.80 Å². The Morgan fingerprint density at radius 3 is 2.65 bits per heavy atom. The van der Waals surface area contributed by atoms with Crippen LogP contribution in [0.2, 0.25) is 0 Å². The monoisotopic (exact) mass is 372 g/mol. The van der Waals surface area contributed by atoms with Crippen LogP contribution in [0.3, 0.4) is 0 Å². The van der Waals surface area contributed by atoms with Crippen molar-refractivity contribution < 1.29 is 9.72 Å². The van der Waals surface area contributed by atoms with Crippen molar-refractivity contribution in [3.8, 4) is 0 Å². The molecule has 0 saturated carbocycles. The summed E-state index contributed by atoms with van der Waals surface area (Å²) >= 11 is 1.44. The molecule has 0 aliphatic carbocycles. The molecular formula is C16H16N6O3S. The number of nitrogens with zero attached hydrogens (tertiary/aromatic N) is 6. The third-order valence-electron chi connectivity index (χ3n) is 4.34. The fourth-order valence-electron chi connectivity index (χ4n) is 2.94. The van der Waals surface area contributed by atoms with Crippen LogP contribution in [0.25, 0.3) is 10.2 Å². The van der Waals surface area contributed by atoms with Crippen LogP contribution < -0.4 is 4.90 Å². The predicted octanol–water partition coefficient (Wildman–Crippen LogP) is 1.90. The molecule has 10 heteroatoms. The number of anilines is 1. The molecule has 1 aromatic carbocycles. The van der Waals surface area contributed by atoms with E-state index in [0.29, 0.717) is 31.9 Å². The molecule has 26 heavy (non-hydrogen) atoms. The normalized spacial score (nSPS) is 14.8. The van der Waals surface area contributed by atoms with Crippen molar-refractivity contribution in [2.75, 3.05) is 31.1 Å². The second-order valence-corrected chi connectivity index (χ2v) is 7.07. The van der Waals surface area contributed by atoms with E-state index < -0.39 is 4.92 Å². The Morgan fingerprint density at radius 1 is 1.23 bits per heavy atom. The first-order chi connectivity index (χ1) is 12.5. The number of hydrogen-bond donors (Lipinski definition) is 0. The molecule has 0 unspecified atom stereocenters. The van der Waals surface area contributed by atoms with E-state index in [-0.39, 0.29) is 11.6 Å². The first-order valence-electron chi connectivity index (χ1n) is 8.10. The maximum Gasteiger partial charge on any atom is 0.274 e. The van der Waals surface area contributed by atoms with Crippen LogP contribution in [-0.4, -0.2) is 56.7 Å². The lowest BCUT2D eigenvalue weighted by molar-refractivity contribution is -0.384. The minimum atomic E-state index is -0.402. The number of piperazine rings is 1. The summed E-state index contributed by atoms with van der Waals surface area (Å²) in [5, 5.41) is 15.9. The van der Waals surface area contributed by atoms with Gasteiger partial charge in [0.15, 0.2) is 5.13 Å². The second-order valence-electron chi connectivity index (χ2n) is 6.06. The van der Waals surface area contributed by atoms with Gasteiger partial charge in [0.25, 0.3) is 11.6 Å². The van der Waals surface area contributed by atoms with Crippen molar-refractivity contribution in [1.29, 1.82) is 0 Å². The van der Waals surface area contributed by atoms with Crippen molar-refractivity contribution in [3.05, 3.63) is 46.3 Å². The third kappa shape index (κ3) is 2.99. The van der Waals surface area contributed by atoms with E-state index in [4.69, 9.17) is 0 Å². The number of aryl methyl sites for hydroxylation is 1. The van der Waals surface area contributed by atoms with Gasteiger partial charge in [-0.05, 0) is 12.1 Å². The van der Waals surface area contributed by atoms with Crippen molar-refractivity contribution in [2.45, 2.75) is 0 Å². The zero-order valence-corrected chi connectivity index (χ0v) is 14.8. The van der Waals surface area contributed by atoms with Crippen molar-refractivity contribution in [3.63, 3.8) is 0 Å². The molecule has 0 N–H and O–H groups in total. The molecule has 0 bridgehead atoms. The molecule has 0 radical (unpaired) electrons. The maximum absolute atomic E-state index is 12.5. The molecule has 3 aromatic rings. The van der Waals surface area contributed by atoms with Gasteiger partial charge in [0.2, 0.25) is 0 Å². The summed E-state index contributed by atoms with van der Waals surface area (Å²) < 4.78 is 2.41. The van der Waals surface area contributed by atoms with Crippen LogP contribution >= 0.6 is 11.3 Å². The highest BCUT2D eigenvalue weighted by Gasteiger charge is 2.25. The summed E-state index contributed by atoms with van der Waals surface area (Å²) in [6, 6.07) is 6.41. The van der Waals surface area contributed by atoms with Crippen LogP contribution in [0.1, 0.15) is 10.5 Å². The lowest BCUT2D eigenvalue weighted by Gasteiger charge is -2.34. The first kappa shape index (κ1) is 16.5. The highest BCUT2D eigenvalue weighted by Crippen LogP contribution is 2.31. The molecule has 2 aromatic heterocycles. The lowest BCUT2D eigenvalue weighted by Crippen LogP contribution is -2.48. The Balaban J connectivity index is 1.47. The average molecular weight is 372 g/mol. The number of non-ortho nitro benzene ring substituents is 1. The fourth-order valence-corrected chi connectivity index (χ4v) is 3.99. The standard InChI is InChI=1S/C16H16N6O3S/c1-19-5-4-13(18-19)15(23)20-6-8-21(9-7-20)16-17-12-3-2-11(22(24)25)10-14(12)26-16/h2-5,10H,6-9H2,1H3. The summed E-state index contributed by atoms with van der Waals surface area (Å²) in [6.07, 6.45) is 1.75. The molecule has 3 heterocycles. The van der Waals surface area contributed by atoms with Crippen LogP contribution in [0.4, 0.5) is 10.8 Å². The SMILES string of the molecule is Cn1ccc(C(=O)N2CCN(c3nc4ccc([N+](=O)[O-])cc4s3)CC2)n1. The zero-order valence-electron chi connectivity index (χ0n) is 14.0. The smallest absolute Gasteiger partial charge is 0.274 e. The van der Waals surface area contributed by atoms with Gasteiger partial charge in [0.05, 0.1) is 15.1 Å². The summed E-state index contributed by atoms with van der Waals surface area (Å²) in [6.45, 7) is 2.51. The maximum atomic E-state index is 12.5. The van der Waals surface area contributed by atoms with Gasteiger partial charge in [-0.1, -0.05) is 11.3 Å². The molecule has 1 saturated heterocycles. The van der Waals surface area contributed by atoms with Gasteiger partial charge in [0.1, 0.15) is 5.69 Å². The molecule has 9 nitrogen and oxygen atoms in total. The number of fused-ring (bicyclic) bond motifs is 1. The van der Waals surface area contributed by atoms with E-state index in [1.54, 1.807) is 41.0 Å². The summed E-state index contributed by atoms with van der Waals surface area (Å²) in [4.78, 5) is 31.4. The highest BCUT2D eigenvalue weighted by atomic mass is 32.1. The fraction of sp³-hybridized carbons (Fsp3) is 0.312. The quantitative estimate of drug-likeness (QED) is 0.514. The van der Waals surface area contributed by atoms with Crippen LogP contribution in [0, 0.1) is 10.1 Å². The number of hydrogen-bond acceptors (Lipinski definition) is 7. The molecule has 134 valence electrons. The van der Waals surface area contributed by atoms with Crippen molar-refractivity contribution in [2.24, 2.45) is 7.05 Å². The average Bonchev–Trinajstić information content (AvgIpc) is 3.26. The molecule has 1 fully saturated rings. The van der Waals surface area contributed by atoms with Gasteiger partial charge in [-0.15, -0.1) is 0 Å². The van der Waals surface area contributed by atoms with E-state index in [2.05, 4.69) is 15.0 Å². The van der Waals surface area contributed by atoms with Gasteiger partial charge in [-0.3, -0.25) is 19.6 Å². The first-order valence-corrected chi connectivity index (χ1v) is 8.92. The van der Waals surface area contributed by atoms with Crippen molar-refractivity contribution in [1.82, 2.24) is 19.7 Å². The second kappa shape index (κ2) is 6.37. The molecule has 0 spiro atoms. The summed E-state index contributed by atoms with van der Waals surface area (Å²) in [7, 11) is 1.78. The minimum absolute atomic E-state index is 0.0647. The van der Waals surface area contributed by atoms with Crippen molar-refractivity contribution >= 4 is 38.3 Å². The van der Waals surface area contributed by atoms with Gasteiger partial charge in [-0.25, -0.2) is 4.98 Å². The van der Waals surface area contributed by atoms with E-state index in [1.807, 2.05) is 0 Å². The number of nitro benzene ring substituents is 1. The number of rotatable bonds is 3.